The molecule has 1 atom stereocenters. The topological polar surface area (TPSA) is 88.1 Å². The van der Waals surface area contributed by atoms with Crippen LogP contribution in [0.1, 0.15) is 38.9 Å². The molecule has 1 heterocycles. The maximum atomic E-state index is 11.8. The molecule has 0 saturated carbocycles. The van der Waals surface area contributed by atoms with Gasteiger partial charge in [0.15, 0.2) is 0 Å². The van der Waals surface area contributed by atoms with Crippen LogP contribution in [0, 0.1) is 6.92 Å². The highest BCUT2D eigenvalue weighted by molar-refractivity contribution is 5.88. The summed E-state index contributed by atoms with van der Waals surface area (Å²) in [5, 5.41) is 12.4. The Labute approximate surface area is 119 Å². The molecule has 3 amide bonds. The number of carbonyl (C=O) groups is 2. The number of amides is 3. The summed E-state index contributed by atoms with van der Waals surface area (Å²) < 4.78 is 1.81. The van der Waals surface area contributed by atoms with Crippen molar-refractivity contribution in [2.24, 2.45) is 0 Å². The second-order valence-electron chi connectivity index (χ2n) is 4.74. The summed E-state index contributed by atoms with van der Waals surface area (Å²) in [5.41, 5.74) is 0.860. The van der Waals surface area contributed by atoms with Gasteiger partial charge in [-0.05, 0) is 20.3 Å². The molecule has 0 fully saturated rings. The number of carbonyl (C=O) groups excluding carboxylic acids is 2. The number of anilines is 1. The number of aromatic nitrogens is 2. The van der Waals surface area contributed by atoms with E-state index in [1.54, 1.807) is 0 Å². The fraction of sp³-hybridized carbons (Fsp3) is 0.615. The average Bonchev–Trinajstić information content (AvgIpc) is 2.74. The summed E-state index contributed by atoms with van der Waals surface area (Å²) in [6.45, 7) is 8.23. The van der Waals surface area contributed by atoms with Crippen LogP contribution in [0.25, 0.3) is 0 Å². The molecule has 7 nitrogen and oxygen atoms in total. The molecule has 1 aromatic heterocycles. The van der Waals surface area contributed by atoms with Crippen LogP contribution >= 0.6 is 0 Å². The van der Waals surface area contributed by atoms with Crippen molar-refractivity contribution >= 4 is 17.8 Å². The van der Waals surface area contributed by atoms with Crippen molar-refractivity contribution in [1.82, 2.24) is 20.4 Å². The van der Waals surface area contributed by atoms with Crippen molar-refractivity contribution in [3.63, 3.8) is 0 Å². The summed E-state index contributed by atoms with van der Waals surface area (Å²) in [7, 11) is 0. The van der Waals surface area contributed by atoms with Gasteiger partial charge in [-0.2, -0.15) is 5.10 Å². The van der Waals surface area contributed by atoms with Gasteiger partial charge in [0.05, 0.1) is 11.7 Å². The maximum Gasteiger partial charge on any atom is 0.320 e. The molecule has 0 aliphatic rings. The average molecular weight is 281 g/mol. The number of urea groups is 1. The van der Waals surface area contributed by atoms with E-state index in [-0.39, 0.29) is 18.0 Å². The van der Waals surface area contributed by atoms with E-state index in [1.165, 1.54) is 6.92 Å². The fourth-order valence-electron chi connectivity index (χ4n) is 1.69. The van der Waals surface area contributed by atoms with E-state index in [1.807, 2.05) is 24.6 Å². The second kappa shape index (κ2) is 7.52. The van der Waals surface area contributed by atoms with Crippen molar-refractivity contribution < 1.29 is 9.59 Å². The Kier molecular flexibility index (Phi) is 6.02. The van der Waals surface area contributed by atoms with Crippen LogP contribution in [0.2, 0.25) is 0 Å². The molecule has 7 heteroatoms. The zero-order chi connectivity index (χ0) is 15.1. The van der Waals surface area contributed by atoms with E-state index in [0.717, 1.165) is 12.1 Å². The first-order valence-corrected chi connectivity index (χ1v) is 6.79. The molecule has 20 heavy (non-hydrogen) atoms. The van der Waals surface area contributed by atoms with Gasteiger partial charge >= 0.3 is 6.03 Å². The van der Waals surface area contributed by atoms with Crippen molar-refractivity contribution in [1.29, 1.82) is 0 Å². The summed E-state index contributed by atoms with van der Waals surface area (Å²) in [4.78, 5) is 22.4. The van der Waals surface area contributed by atoms with Crippen LogP contribution in [0.3, 0.4) is 0 Å². The highest BCUT2D eigenvalue weighted by atomic mass is 16.2. The third-order valence-electron chi connectivity index (χ3n) is 2.89. The van der Waals surface area contributed by atoms with Gasteiger partial charge < -0.3 is 10.6 Å². The van der Waals surface area contributed by atoms with Gasteiger partial charge in [-0.15, -0.1) is 0 Å². The first-order valence-electron chi connectivity index (χ1n) is 6.79. The van der Waals surface area contributed by atoms with E-state index in [2.05, 4.69) is 28.0 Å². The van der Waals surface area contributed by atoms with Gasteiger partial charge in [0.25, 0.3) is 0 Å². The number of hydrogen-bond acceptors (Lipinski definition) is 3. The fourth-order valence-corrected chi connectivity index (χ4v) is 1.69. The van der Waals surface area contributed by atoms with Crippen molar-refractivity contribution in [3.05, 3.63) is 11.8 Å². The van der Waals surface area contributed by atoms with Gasteiger partial charge in [-0.1, -0.05) is 6.92 Å². The Bertz CT molecular complexity index is 469. The highest BCUT2D eigenvalue weighted by Gasteiger charge is 2.12. The van der Waals surface area contributed by atoms with E-state index in [0.29, 0.717) is 18.9 Å². The number of nitrogens with one attached hydrogen (secondary N) is 3. The Morgan fingerprint density at radius 2 is 2.00 bits per heavy atom. The zero-order valence-corrected chi connectivity index (χ0v) is 12.5. The van der Waals surface area contributed by atoms with E-state index < -0.39 is 0 Å². The molecule has 0 aliphatic heterocycles. The van der Waals surface area contributed by atoms with Gasteiger partial charge in [-0.3, -0.25) is 10.1 Å². The number of aryl methyl sites for hydroxylation is 1. The largest absolute Gasteiger partial charge is 0.355 e. The van der Waals surface area contributed by atoms with Crippen LogP contribution in [-0.4, -0.2) is 34.8 Å². The highest BCUT2D eigenvalue weighted by Crippen LogP contribution is 2.18. The summed E-state index contributed by atoms with van der Waals surface area (Å²) in [5.74, 6) is 0.562. The van der Waals surface area contributed by atoms with Crippen molar-refractivity contribution in [2.45, 2.75) is 40.2 Å². The van der Waals surface area contributed by atoms with Gasteiger partial charge in [0.1, 0.15) is 5.82 Å². The Hall–Kier alpha value is -2.05. The smallest absolute Gasteiger partial charge is 0.320 e. The molecule has 0 aliphatic carbocycles. The van der Waals surface area contributed by atoms with E-state index >= 15 is 0 Å². The molecule has 0 spiro atoms. The molecule has 0 radical (unpaired) electrons. The van der Waals surface area contributed by atoms with Crippen LogP contribution in [0.5, 0.6) is 0 Å². The molecule has 3 N–H and O–H groups in total. The van der Waals surface area contributed by atoms with Crippen LogP contribution in [0.15, 0.2) is 6.07 Å². The number of rotatable bonds is 6. The molecule has 0 bridgehead atoms. The van der Waals surface area contributed by atoms with Crippen LogP contribution in [0.4, 0.5) is 10.6 Å². The lowest BCUT2D eigenvalue weighted by Gasteiger charge is -2.14. The minimum Gasteiger partial charge on any atom is -0.355 e. The minimum atomic E-state index is -0.306. The predicted molar refractivity (Wildman–Crippen MR) is 77.7 cm³/mol. The van der Waals surface area contributed by atoms with Crippen molar-refractivity contribution in [3.8, 4) is 0 Å². The standard InChI is InChI=1S/C13H23N5O2/c1-5-10(3)18-12(8-9(2)17-18)16-13(20)15-7-6-14-11(4)19/h8,10H,5-7H2,1-4H3,(H,14,19)(H2,15,16,20). The van der Waals surface area contributed by atoms with E-state index in [4.69, 9.17) is 0 Å². The molecule has 0 saturated heterocycles. The molecular weight excluding hydrogens is 258 g/mol. The zero-order valence-electron chi connectivity index (χ0n) is 12.5. The predicted octanol–water partition coefficient (Wildman–Crippen LogP) is 1.42. The van der Waals surface area contributed by atoms with Crippen molar-refractivity contribution in [2.75, 3.05) is 18.4 Å². The van der Waals surface area contributed by atoms with Gasteiger partial charge in [0.2, 0.25) is 5.91 Å². The molecule has 1 rings (SSSR count). The monoisotopic (exact) mass is 281 g/mol. The third kappa shape index (κ3) is 4.91. The third-order valence-corrected chi connectivity index (χ3v) is 2.89. The SMILES string of the molecule is CCC(C)n1nc(C)cc1NC(=O)NCCNC(C)=O. The van der Waals surface area contributed by atoms with Gasteiger partial charge in [-0.25, -0.2) is 9.48 Å². The quantitative estimate of drug-likeness (QED) is 0.689. The first-order chi connectivity index (χ1) is 9.43. The normalized spacial score (nSPS) is 11.8. The number of nitrogens with zero attached hydrogens (tertiary/aromatic N) is 2. The Balaban J connectivity index is 2.51. The molecule has 1 unspecified atom stereocenters. The minimum absolute atomic E-state index is 0.113. The van der Waals surface area contributed by atoms with Gasteiger partial charge in [0, 0.05) is 26.1 Å². The molecule has 0 aromatic carbocycles. The van der Waals surface area contributed by atoms with Crippen LogP contribution < -0.4 is 16.0 Å². The molecular formula is C13H23N5O2. The summed E-state index contributed by atoms with van der Waals surface area (Å²) >= 11 is 0. The second-order valence-corrected chi connectivity index (χ2v) is 4.74. The lowest BCUT2D eigenvalue weighted by atomic mass is 10.3. The van der Waals surface area contributed by atoms with E-state index in [9.17, 15) is 9.59 Å². The molecule has 1 aromatic rings. The summed E-state index contributed by atoms with van der Waals surface area (Å²) in [6.07, 6.45) is 0.931. The lowest BCUT2D eigenvalue weighted by Crippen LogP contribution is -2.36. The first kappa shape index (κ1) is 16.0. The Morgan fingerprint density at radius 3 is 2.60 bits per heavy atom. The Morgan fingerprint density at radius 1 is 1.35 bits per heavy atom. The number of hydrogen-bond donors (Lipinski definition) is 3. The van der Waals surface area contributed by atoms with Crippen LogP contribution in [-0.2, 0) is 4.79 Å². The lowest BCUT2D eigenvalue weighted by molar-refractivity contribution is -0.118. The maximum absolute atomic E-state index is 11.8. The molecule has 112 valence electrons. The summed E-state index contributed by atoms with van der Waals surface area (Å²) in [6, 6.07) is 1.75.